The number of carbonyl (C=O) groups is 1. The molecule has 2 fully saturated rings. The van der Waals surface area contributed by atoms with Gasteiger partial charge in [-0.2, -0.15) is 28.2 Å². The van der Waals surface area contributed by atoms with Crippen LogP contribution in [0.1, 0.15) is 42.2 Å². The summed E-state index contributed by atoms with van der Waals surface area (Å²) >= 11 is 0. The van der Waals surface area contributed by atoms with E-state index in [4.69, 9.17) is 10.5 Å². The number of aromatic nitrogens is 4. The maximum atomic E-state index is 14.8. The smallest absolute Gasteiger partial charge is 0.429 e. The third-order valence-electron chi connectivity index (χ3n) is 8.84. The van der Waals surface area contributed by atoms with Gasteiger partial charge in [-0.25, -0.2) is 9.07 Å². The van der Waals surface area contributed by atoms with Crippen LogP contribution in [0, 0.1) is 25.1 Å². The summed E-state index contributed by atoms with van der Waals surface area (Å²) in [6.45, 7) is 4.95. The van der Waals surface area contributed by atoms with Gasteiger partial charge >= 0.3 is 12.1 Å². The zero-order valence-corrected chi connectivity index (χ0v) is 25.2. The number of rotatable bonds is 7. The molecular weight excluding hydrogens is 606 g/mol. The third kappa shape index (κ3) is 6.34. The molecule has 0 aliphatic carbocycles. The molecule has 4 N–H and O–H groups in total. The molecule has 0 amide bonds. The zero-order chi connectivity index (χ0) is 32.8. The third-order valence-corrected chi connectivity index (χ3v) is 8.84. The highest BCUT2D eigenvalue weighted by molar-refractivity contribution is 5.74. The van der Waals surface area contributed by atoms with Gasteiger partial charge in [-0.1, -0.05) is 24.3 Å². The molecule has 46 heavy (non-hydrogen) atoms. The Morgan fingerprint density at radius 1 is 1.09 bits per heavy atom. The van der Waals surface area contributed by atoms with Crippen molar-refractivity contribution in [3.05, 3.63) is 77.4 Å². The van der Waals surface area contributed by atoms with E-state index in [0.717, 1.165) is 0 Å². The van der Waals surface area contributed by atoms with Gasteiger partial charge in [-0.15, -0.1) is 0 Å². The number of aliphatic carboxylic acids is 1. The van der Waals surface area contributed by atoms with Gasteiger partial charge in [0.15, 0.2) is 0 Å². The molecule has 6 rings (SSSR count). The second-order valence-corrected chi connectivity index (χ2v) is 12.1. The molecule has 4 heterocycles. The summed E-state index contributed by atoms with van der Waals surface area (Å²) in [6.07, 6.45) is -3.91. The molecule has 2 atom stereocenters. The first kappa shape index (κ1) is 31.3. The van der Waals surface area contributed by atoms with Gasteiger partial charge in [-0.05, 0) is 73.4 Å². The summed E-state index contributed by atoms with van der Waals surface area (Å²) < 4.78 is 65.7. The first-order valence-corrected chi connectivity index (χ1v) is 14.8. The molecule has 242 valence electrons. The minimum absolute atomic E-state index is 0.0994. The van der Waals surface area contributed by atoms with Gasteiger partial charge in [0.1, 0.15) is 17.7 Å². The van der Waals surface area contributed by atoms with Crippen LogP contribution in [0.4, 0.5) is 29.3 Å². The van der Waals surface area contributed by atoms with Crippen molar-refractivity contribution < 1.29 is 32.2 Å². The number of carboxylic acids is 1. The van der Waals surface area contributed by atoms with E-state index in [-0.39, 0.29) is 28.5 Å². The van der Waals surface area contributed by atoms with Crippen LogP contribution in [0.15, 0.2) is 54.7 Å². The number of carboxylic acid groups (broad SMARTS) is 1. The predicted octanol–water partition coefficient (Wildman–Crippen LogP) is 5.38. The van der Waals surface area contributed by atoms with Gasteiger partial charge in [0.2, 0.25) is 17.9 Å². The quantitative estimate of drug-likeness (QED) is 0.228. The lowest BCUT2D eigenvalue weighted by atomic mass is 9.76. The summed E-state index contributed by atoms with van der Waals surface area (Å²) in [6, 6.07) is 11.3. The van der Waals surface area contributed by atoms with Crippen LogP contribution in [-0.4, -0.2) is 62.7 Å². The van der Waals surface area contributed by atoms with E-state index in [1.54, 1.807) is 38.2 Å². The zero-order valence-electron chi connectivity index (χ0n) is 25.2. The maximum absolute atomic E-state index is 14.8. The molecule has 4 aromatic rings. The SMILES string of the molecule is Cc1ccn(-c2cc(-c3ccc(C)c(F)c3)ccc2[C@@H](Oc2cc(N3CCC4(CC3)CNC(C(=O)O)C4)nc(N)n2)C(F)(F)F)n1. The molecule has 2 aliphatic rings. The molecule has 0 bridgehead atoms. The highest BCUT2D eigenvalue weighted by atomic mass is 19.4. The van der Waals surface area contributed by atoms with Gasteiger partial charge in [-0.3, -0.25) is 4.79 Å². The molecule has 2 aromatic heterocycles. The average molecular weight is 640 g/mol. The number of anilines is 2. The first-order valence-electron chi connectivity index (χ1n) is 14.8. The number of hydrogen-bond acceptors (Lipinski definition) is 8. The van der Waals surface area contributed by atoms with Crippen molar-refractivity contribution in [3.63, 3.8) is 0 Å². The summed E-state index contributed by atoms with van der Waals surface area (Å²) in [5.74, 6) is -1.60. The van der Waals surface area contributed by atoms with Crippen molar-refractivity contribution in [3.8, 4) is 22.7 Å². The Hall–Kier alpha value is -4.72. The van der Waals surface area contributed by atoms with Crippen LogP contribution >= 0.6 is 0 Å². The first-order chi connectivity index (χ1) is 21.8. The van der Waals surface area contributed by atoms with Crippen molar-refractivity contribution in [2.75, 3.05) is 30.3 Å². The van der Waals surface area contributed by atoms with Crippen LogP contribution in [0.25, 0.3) is 16.8 Å². The lowest BCUT2D eigenvalue weighted by Crippen LogP contribution is -2.41. The van der Waals surface area contributed by atoms with E-state index >= 15 is 0 Å². The Morgan fingerprint density at radius 2 is 1.80 bits per heavy atom. The fourth-order valence-electron chi connectivity index (χ4n) is 6.23. The van der Waals surface area contributed by atoms with Gasteiger partial charge in [0, 0.05) is 37.5 Å². The molecule has 2 aromatic carbocycles. The molecule has 0 saturated carbocycles. The second-order valence-electron chi connectivity index (χ2n) is 12.1. The van der Waals surface area contributed by atoms with Crippen LogP contribution in [0.3, 0.4) is 0 Å². The topological polar surface area (TPSA) is 131 Å². The Kier molecular flexibility index (Phi) is 8.09. The highest BCUT2D eigenvalue weighted by Crippen LogP contribution is 2.43. The predicted molar refractivity (Wildman–Crippen MR) is 162 cm³/mol. The number of piperidine rings is 1. The van der Waals surface area contributed by atoms with Crippen LogP contribution in [0.2, 0.25) is 0 Å². The average Bonchev–Trinajstić information content (AvgIpc) is 3.63. The lowest BCUT2D eigenvalue weighted by Gasteiger charge is -2.39. The largest absolute Gasteiger partial charge is 0.480 e. The highest BCUT2D eigenvalue weighted by Gasteiger charge is 2.46. The van der Waals surface area contributed by atoms with Crippen molar-refractivity contribution in [1.29, 1.82) is 0 Å². The number of hydrogen-bond donors (Lipinski definition) is 3. The fourth-order valence-corrected chi connectivity index (χ4v) is 6.23. The minimum atomic E-state index is -4.87. The van der Waals surface area contributed by atoms with E-state index < -0.39 is 30.1 Å². The molecule has 1 spiro atoms. The Labute approximate surface area is 262 Å². The van der Waals surface area contributed by atoms with E-state index in [9.17, 15) is 27.5 Å². The number of ether oxygens (including phenoxy) is 1. The monoisotopic (exact) mass is 639 g/mol. The van der Waals surface area contributed by atoms with Gasteiger partial charge in [0.25, 0.3) is 0 Å². The number of halogens is 4. The lowest BCUT2D eigenvalue weighted by molar-refractivity contribution is -0.198. The number of nitrogens with two attached hydrogens (primary N) is 1. The molecule has 14 heteroatoms. The Bertz CT molecular complexity index is 1770. The molecule has 2 saturated heterocycles. The summed E-state index contributed by atoms with van der Waals surface area (Å²) in [7, 11) is 0. The number of benzene rings is 2. The van der Waals surface area contributed by atoms with Crippen molar-refractivity contribution >= 4 is 17.7 Å². The van der Waals surface area contributed by atoms with Gasteiger partial charge in [0.05, 0.1) is 11.4 Å². The minimum Gasteiger partial charge on any atom is -0.480 e. The molecule has 1 unspecified atom stereocenters. The Morgan fingerprint density at radius 3 is 2.43 bits per heavy atom. The normalized spacial score (nSPS) is 18.6. The number of nitrogen functional groups attached to an aromatic ring is 1. The molecule has 0 radical (unpaired) electrons. The number of aryl methyl sites for hydroxylation is 2. The van der Waals surface area contributed by atoms with Crippen molar-refractivity contribution in [1.82, 2.24) is 25.1 Å². The van der Waals surface area contributed by atoms with Crippen molar-refractivity contribution in [2.24, 2.45) is 5.41 Å². The number of alkyl halides is 3. The maximum Gasteiger partial charge on any atom is 0.429 e. The van der Waals surface area contributed by atoms with E-state index in [1.165, 1.54) is 35.0 Å². The van der Waals surface area contributed by atoms with Crippen LogP contribution < -0.4 is 20.7 Å². The van der Waals surface area contributed by atoms with E-state index in [0.29, 0.717) is 67.1 Å². The second kappa shape index (κ2) is 11.9. The molecule has 10 nitrogen and oxygen atoms in total. The summed E-state index contributed by atoms with van der Waals surface area (Å²) in [5, 5.41) is 16.8. The Balaban J connectivity index is 1.31. The van der Waals surface area contributed by atoms with Gasteiger partial charge < -0.3 is 25.8 Å². The molecular formula is C32H33F4N7O3. The number of nitrogens with zero attached hydrogens (tertiary/aromatic N) is 5. The summed E-state index contributed by atoms with van der Waals surface area (Å²) in [4.78, 5) is 21.6. The van der Waals surface area contributed by atoms with E-state index in [2.05, 4.69) is 20.4 Å². The van der Waals surface area contributed by atoms with Crippen molar-refractivity contribution in [2.45, 2.75) is 51.4 Å². The van der Waals surface area contributed by atoms with Crippen LogP contribution in [0.5, 0.6) is 5.88 Å². The fraction of sp³-hybridized carbons (Fsp3) is 0.375. The molecule has 2 aliphatic heterocycles. The summed E-state index contributed by atoms with van der Waals surface area (Å²) in [5.41, 5.74) is 7.68. The van der Waals surface area contributed by atoms with E-state index in [1.807, 2.05) is 4.90 Å². The standard InChI is InChI=1S/C32H33F4N7O3/c1-18-3-4-20(13-23(18)33)21-5-6-22(25(14-21)43-10-7-19(2)41-43)28(32(34,35)36)46-27-15-26(39-30(37)40-27)42-11-8-31(9-12-42)16-24(29(44)45)38-17-31/h3-7,10,13-15,24,28,38H,8-9,11-12,16-17H2,1-2H3,(H,44,45)(H2,37,39,40)/t24?,28-/m1/s1. The number of nitrogens with one attached hydrogen (secondary N) is 1. The van der Waals surface area contributed by atoms with Crippen LogP contribution in [-0.2, 0) is 4.79 Å².